The second-order valence-electron chi connectivity index (χ2n) is 6.81. The van der Waals surface area contributed by atoms with Gasteiger partial charge in [-0.3, -0.25) is 9.59 Å². The van der Waals surface area contributed by atoms with Crippen molar-refractivity contribution in [2.75, 3.05) is 26.3 Å². The summed E-state index contributed by atoms with van der Waals surface area (Å²) < 4.78 is 5.49. The molecule has 21 heavy (non-hydrogen) atoms. The number of ether oxygens (including phenoxy) is 1. The van der Waals surface area contributed by atoms with Crippen LogP contribution in [-0.4, -0.2) is 49.1 Å². The van der Waals surface area contributed by atoms with Crippen LogP contribution in [0.3, 0.4) is 0 Å². The molecular weight excluding hydrogens is 268 g/mol. The van der Waals surface area contributed by atoms with Gasteiger partial charge in [0.25, 0.3) is 0 Å². The number of carbonyl (C=O) groups excluding carboxylic acids is 2. The van der Waals surface area contributed by atoms with Crippen molar-refractivity contribution in [2.45, 2.75) is 46.1 Å². The summed E-state index contributed by atoms with van der Waals surface area (Å²) >= 11 is 0. The van der Waals surface area contributed by atoms with E-state index < -0.39 is 0 Å². The zero-order valence-electron chi connectivity index (χ0n) is 13.4. The molecule has 3 atom stereocenters. The number of amides is 2. The molecule has 1 saturated heterocycles. The standard InChI is InChI=1S/C16H28N2O3/c1-11(2)8-13-10-21-7-6-18(13)15(19)4-5-17-16(20)14-9-12(14)3/h11-14H,4-10H2,1-3H3,(H,17,20). The number of hydrogen-bond donors (Lipinski definition) is 1. The van der Waals surface area contributed by atoms with Crippen molar-refractivity contribution in [3.63, 3.8) is 0 Å². The highest BCUT2D eigenvalue weighted by Gasteiger charge is 2.38. The SMILES string of the molecule is CC(C)CC1COCCN1C(=O)CCNC(=O)C1CC1C. The van der Waals surface area contributed by atoms with Crippen molar-refractivity contribution in [2.24, 2.45) is 17.8 Å². The Morgan fingerprint density at radius 3 is 2.71 bits per heavy atom. The third-order valence-corrected chi connectivity index (χ3v) is 4.38. The van der Waals surface area contributed by atoms with Crippen molar-refractivity contribution in [1.82, 2.24) is 10.2 Å². The first-order valence-electron chi connectivity index (χ1n) is 8.14. The zero-order valence-corrected chi connectivity index (χ0v) is 13.4. The number of nitrogens with zero attached hydrogens (tertiary/aromatic N) is 1. The van der Waals surface area contributed by atoms with Crippen LogP contribution in [0.15, 0.2) is 0 Å². The molecule has 1 aliphatic carbocycles. The van der Waals surface area contributed by atoms with Crippen LogP contribution >= 0.6 is 0 Å². The largest absolute Gasteiger partial charge is 0.377 e. The van der Waals surface area contributed by atoms with Crippen LogP contribution in [0.1, 0.15) is 40.0 Å². The van der Waals surface area contributed by atoms with E-state index in [-0.39, 0.29) is 23.8 Å². The lowest BCUT2D eigenvalue weighted by Crippen LogP contribution is -2.49. The average molecular weight is 296 g/mol. The van der Waals surface area contributed by atoms with Crippen molar-refractivity contribution >= 4 is 11.8 Å². The Morgan fingerprint density at radius 1 is 1.38 bits per heavy atom. The van der Waals surface area contributed by atoms with Gasteiger partial charge in [-0.1, -0.05) is 20.8 Å². The maximum atomic E-state index is 12.3. The monoisotopic (exact) mass is 296 g/mol. The number of rotatable bonds is 6. The topological polar surface area (TPSA) is 58.6 Å². The minimum Gasteiger partial charge on any atom is -0.377 e. The Bertz CT molecular complexity index is 384. The molecule has 2 amide bonds. The third kappa shape index (κ3) is 4.70. The quantitative estimate of drug-likeness (QED) is 0.806. The van der Waals surface area contributed by atoms with Crippen molar-refractivity contribution in [1.29, 1.82) is 0 Å². The fourth-order valence-corrected chi connectivity index (χ4v) is 2.98. The van der Waals surface area contributed by atoms with E-state index in [1.165, 1.54) is 0 Å². The molecule has 2 aliphatic rings. The lowest BCUT2D eigenvalue weighted by atomic mass is 10.0. The van der Waals surface area contributed by atoms with Crippen LogP contribution in [0, 0.1) is 17.8 Å². The molecule has 3 unspecified atom stereocenters. The molecule has 5 heteroatoms. The second-order valence-corrected chi connectivity index (χ2v) is 6.81. The highest BCUT2D eigenvalue weighted by molar-refractivity contribution is 5.82. The number of morpholine rings is 1. The minimum absolute atomic E-state index is 0.107. The normalized spacial score (nSPS) is 28.6. The molecule has 1 heterocycles. The van der Waals surface area contributed by atoms with Crippen molar-refractivity contribution in [3.05, 3.63) is 0 Å². The highest BCUT2D eigenvalue weighted by atomic mass is 16.5. The highest BCUT2D eigenvalue weighted by Crippen LogP contribution is 2.37. The molecule has 0 spiro atoms. The van der Waals surface area contributed by atoms with Crippen LogP contribution in [0.25, 0.3) is 0 Å². The summed E-state index contributed by atoms with van der Waals surface area (Å²) in [5.74, 6) is 1.47. The molecule has 0 aromatic heterocycles. The Hall–Kier alpha value is -1.10. The smallest absolute Gasteiger partial charge is 0.224 e. The van der Waals surface area contributed by atoms with Crippen LogP contribution < -0.4 is 5.32 Å². The van der Waals surface area contributed by atoms with Crippen molar-refractivity contribution < 1.29 is 14.3 Å². The summed E-state index contributed by atoms with van der Waals surface area (Å²) in [7, 11) is 0. The Kier molecular flexibility index (Phi) is 5.62. The van der Waals surface area contributed by atoms with Gasteiger partial charge in [-0.15, -0.1) is 0 Å². The number of carbonyl (C=O) groups is 2. The van der Waals surface area contributed by atoms with E-state index in [1.807, 2.05) is 4.90 Å². The molecular formula is C16H28N2O3. The van der Waals surface area contributed by atoms with Gasteiger partial charge < -0.3 is 15.0 Å². The summed E-state index contributed by atoms with van der Waals surface area (Å²) in [6.45, 7) is 8.78. The van der Waals surface area contributed by atoms with Gasteiger partial charge >= 0.3 is 0 Å². The zero-order chi connectivity index (χ0) is 15.4. The summed E-state index contributed by atoms with van der Waals surface area (Å²) in [4.78, 5) is 26.0. The van der Waals surface area contributed by atoms with Gasteiger partial charge in [0.15, 0.2) is 0 Å². The van der Waals surface area contributed by atoms with Gasteiger partial charge in [-0.05, 0) is 24.7 Å². The maximum Gasteiger partial charge on any atom is 0.224 e. The van der Waals surface area contributed by atoms with Gasteiger partial charge in [0.1, 0.15) is 0 Å². The molecule has 120 valence electrons. The number of nitrogens with one attached hydrogen (secondary N) is 1. The molecule has 0 radical (unpaired) electrons. The molecule has 1 saturated carbocycles. The van der Waals surface area contributed by atoms with Crippen molar-refractivity contribution in [3.8, 4) is 0 Å². The molecule has 2 fully saturated rings. The summed E-state index contributed by atoms with van der Waals surface area (Å²) in [6.07, 6.45) is 2.35. The van der Waals surface area contributed by atoms with E-state index in [0.717, 1.165) is 12.8 Å². The fraction of sp³-hybridized carbons (Fsp3) is 0.875. The fourth-order valence-electron chi connectivity index (χ4n) is 2.98. The van der Waals surface area contributed by atoms with Crippen LogP contribution in [0.2, 0.25) is 0 Å². The predicted octanol–water partition coefficient (Wildman–Crippen LogP) is 1.42. The van der Waals surface area contributed by atoms with Gasteiger partial charge in [0.05, 0.1) is 19.3 Å². The van der Waals surface area contributed by atoms with E-state index in [1.54, 1.807) is 0 Å². The Morgan fingerprint density at radius 2 is 2.10 bits per heavy atom. The first-order valence-corrected chi connectivity index (χ1v) is 8.14. The molecule has 1 N–H and O–H groups in total. The summed E-state index contributed by atoms with van der Waals surface area (Å²) in [5, 5.41) is 2.88. The first kappa shape index (κ1) is 16.3. The summed E-state index contributed by atoms with van der Waals surface area (Å²) in [6, 6.07) is 0.186. The molecule has 5 nitrogen and oxygen atoms in total. The van der Waals surface area contributed by atoms with E-state index in [9.17, 15) is 9.59 Å². The Labute approximate surface area is 127 Å². The van der Waals surface area contributed by atoms with Crippen LogP contribution in [-0.2, 0) is 14.3 Å². The molecule has 2 rings (SSSR count). The van der Waals surface area contributed by atoms with E-state index in [4.69, 9.17) is 4.74 Å². The molecule has 0 aromatic rings. The second kappa shape index (κ2) is 7.25. The van der Waals surface area contributed by atoms with Gasteiger partial charge in [-0.2, -0.15) is 0 Å². The lowest BCUT2D eigenvalue weighted by Gasteiger charge is -2.36. The van der Waals surface area contributed by atoms with E-state index >= 15 is 0 Å². The van der Waals surface area contributed by atoms with E-state index in [0.29, 0.717) is 44.6 Å². The Balaban J connectivity index is 1.73. The van der Waals surface area contributed by atoms with Gasteiger partial charge in [0.2, 0.25) is 11.8 Å². The average Bonchev–Trinajstić information content (AvgIpc) is 3.15. The molecule has 0 bridgehead atoms. The predicted molar refractivity (Wildman–Crippen MR) is 80.7 cm³/mol. The number of hydrogen-bond acceptors (Lipinski definition) is 3. The molecule has 0 aromatic carbocycles. The third-order valence-electron chi connectivity index (χ3n) is 4.38. The first-order chi connectivity index (χ1) is 9.99. The molecule has 1 aliphatic heterocycles. The van der Waals surface area contributed by atoms with E-state index in [2.05, 4.69) is 26.1 Å². The van der Waals surface area contributed by atoms with Gasteiger partial charge in [0, 0.05) is 25.4 Å². The minimum atomic E-state index is 0.107. The van der Waals surface area contributed by atoms with Crippen LogP contribution in [0.4, 0.5) is 0 Å². The maximum absolute atomic E-state index is 12.3. The summed E-state index contributed by atoms with van der Waals surface area (Å²) in [5.41, 5.74) is 0. The van der Waals surface area contributed by atoms with Crippen LogP contribution in [0.5, 0.6) is 0 Å². The van der Waals surface area contributed by atoms with Gasteiger partial charge in [-0.25, -0.2) is 0 Å². The lowest BCUT2D eigenvalue weighted by molar-refractivity contribution is -0.140.